The lowest BCUT2D eigenvalue weighted by Crippen LogP contribution is -2.52. The molecule has 0 radical (unpaired) electrons. The zero-order chi connectivity index (χ0) is 17.6. The Morgan fingerprint density at radius 3 is 2.80 bits per heavy atom. The molecule has 25 heavy (non-hydrogen) atoms. The molecule has 0 spiro atoms. The van der Waals surface area contributed by atoms with Crippen molar-refractivity contribution < 1.29 is 8.42 Å². The molecule has 0 atom stereocenters. The second-order valence-corrected chi connectivity index (χ2v) is 7.92. The Kier molecular flexibility index (Phi) is 3.69. The summed E-state index contributed by atoms with van der Waals surface area (Å²) >= 11 is 0. The molecule has 3 aromatic rings. The highest BCUT2D eigenvalue weighted by atomic mass is 32.2. The van der Waals surface area contributed by atoms with Gasteiger partial charge in [-0.2, -0.15) is 4.52 Å². The van der Waals surface area contributed by atoms with Gasteiger partial charge in [-0.15, -0.1) is 15.3 Å². The molecule has 10 nitrogen and oxygen atoms in total. The van der Waals surface area contributed by atoms with Crippen LogP contribution in [0.5, 0.6) is 0 Å². The normalized spacial score (nSPS) is 15.7. The monoisotopic (exact) mass is 362 g/mol. The Bertz CT molecular complexity index is 1020. The van der Waals surface area contributed by atoms with Crippen LogP contribution in [0, 0.1) is 12.8 Å². The summed E-state index contributed by atoms with van der Waals surface area (Å²) in [6.07, 6.45) is 2.95. The molecule has 0 aliphatic carbocycles. The molecule has 11 heteroatoms. The highest BCUT2D eigenvalue weighted by Crippen LogP contribution is 2.22. The molecule has 4 rings (SSSR count). The van der Waals surface area contributed by atoms with Crippen molar-refractivity contribution in [3.63, 3.8) is 0 Å². The average Bonchev–Trinajstić information content (AvgIpc) is 3.13. The fourth-order valence-corrected chi connectivity index (χ4v) is 3.86. The van der Waals surface area contributed by atoms with Crippen LogP contribution in [0.15, 0.2) is 29.7 Å². The van der Waals surface area contributed by atoms with E-state index in [1.54, 1.807) is 16.1 Å². The van der Waals surface area contributed by atoms with E-state index >= 15 is 0 Å². The predicted octanol–water partition coefficient (Wildman–Crippen LogP) is -0.419. The van der Waals surface area contributed by atoms with Crippen molar-refractivity contribution in [1.29, 1.82) is 0 Å². The Hall–Kier alpha value is -2.53. The summed E-state index contributed by atoms with van der Waals surface area (Å²) in [5.41, 5.74) is 0.710. The van der Waals surface area contributed by atoms with Crippen LogP contribution in [0.1, 0.15) is 5.82 Å². The zero-order valence-electron chi connectivity index (χ0n) is 13.9. The first-order valence-corrected chi connectivity index (χ1v) is 9.32. The van der Waals surface area contributed by atoms with Gasteiger partial charge in [0.15, 0.2) is 16.5 Å². The van der Waals surface area contributed by atoms with Crippen molar-refractivity contribution in [2.75, 3.05) is 24.5 Å². The van der Waals surface area contributed by atoms with E-state index in [1.807, 2.05) is 19.1 Å². The molecule has 1 saturated heterocycles. The molecule has 0 bridgehead atoms. The van der Waals surface area contributed by atoms with Crippen molar-refractivity contribution in [2.24, 2.45) is 13.0 Å². The van der Waals surface area contributed by atoms with E-state index in [9.17, 15) is 8.42 Å². The number of aromatic nitrogens is 6. The Morgan fingerprint density at radius 1 is 1.28 bits per heavy atom. The maximum Gasteiger partial charge on any atom is 0.259 e. The van der Waals surface area contributed by atoms with Gasteiger partial charge in [0.1, 0.15) is 5.82 Å². The molecule has 0 saturated carbocycles. The molecule has 1 aliphatic heterocycles. The topological polar surface area (TPSA) is 110 Å². The number of imidazole rings is 1. The van der Waals surface area contributed by atoms with Crippen molar-refractivity contribution >= 4 is 21.5 Å². The Labute approximate surface area is 144 Å². The smallest absolute Gasteiger partial charge is 0.259 e. The van der Waals surface area contributed by atoms with Crippen LogP contribution >= 0.6 is 0 Å². The summed E-state index contributed by atoms with van der Waals surface area (Å²) in [5, 5.41) is 12.6. The molecule has 3 aromatic heterocycles. The summed E-state index contributed by atoms with van der Waals surface area (Å²) in [6.45, 7) is 3.71. The van der Waals surface area contributed by atoms with Gasteiger partial charge in [-0.25, -0.2) is 18.1 Å². The first-order chi connectivity index (χ1) is 11.9. The van der Waals surface area contributed by atoms with E-state index in [4.69, 9.17) is 0 Å². The first kappa shape index (κ1) is 16.0. The summed E-state index contributed by atoms with van der Waals surface area (Å²) < 4.78 is 30.3. The number of sulfonamides is 1. The molecule has 132 valence electrons. The van der Waals surface area contributed by atoms with Crippen LogP contribution in [-0.4, -0.2) is 57.4 Å². The molecular weight excluding hydrogens is 344 g/mol. The summed E-state index contributed by atoms with van der Waals surface area (Å²) in [7, 11) is -1.82. The maximum atomic E-state index is 12.2. The maximum absolute atomic E-state index is 12.2. The standard InChI is InChI=1S/C14H18N8O2S/c1-10-17-18-12-3-4-13(19-22(10)12)21-6-11(7-21)5-16-25(23,24)14-8-20(2)9-15-14/h3-4,8-9,11,16H,5-7H2,1-2H3. The van der Waals surface area contributed by atoms with Gasteiger partial charge in [0.25, 0.3) is 10.0 Å². The Balaban J connectivity index is 1.36. The molecule has 0 unspecified atom stereocenters. The Morgan fingerprint density at radius 2 is 2.08 bits per heavy atom. The van der Waals surface area contributed by atoms with E-state index in [0.29, 0.717) is 12.2 Å². The van der Waals surface area contributed by atoms with Crippen LogP contribution in [-0.2, 0) is 17.1 Å². The first-order valence-electron chi connectivity index (χ1n) is 7.84. The highest BCUT2D eigenvalue weighted by Gasteiger charge is 2.30. The molecular formula is C14H18N8O2S. The van der Waals surface area contributed by atoms with E-state index in [0.717, 1.165) is 24.7 Å². The van der Waals surface area contributed by atoms with Gasteiger partial charge in [0.05, 0.1) is 6.33 Å². The molecule has 4 heterocycles. The van der Waals surface area contributed by atoms with Crippen molar-refractivity contribution in [1.82, 2.24) is 34.1 Å². The molecule has 1 fully saturated rings. The minimum atomic E-state index is -3.56. The molecule has 1 N–H and O–H groups in total. The number of rotatable bonds is 5. The second-order valence-electron chi connectivity index (χ2n) is 6.21. The summed E-state index contributed by atoms with van der Waals surface area (Å²) in [4.78, 5) is 5.98. The highest BCUT2D eigenvalue weighted by molar-refractivity contribution is 7.89. The van der Waals surface area contributed by atoms with Crippen molar-refractivity contribution in [3.05, 3.63) is 30.5 Å². The lowest BCUT2D eigenvalue weighted by molar-refractivity contribution is 0.401. The lowest BCUT2D eigenvalue weighted by atomic mass is 10.0. The summed E-state index contributed by atoms with van der Waals surface area (Å²) in [5.74, 6) is 1.80. The van der Waals surface area contributed by atoms with E-state index in [2.05, 4.69) is 29.9 Å². The van der Waals surface area contributed by atoms with Crippen LogP contribution in [0.3, 0.4) is 0 Å². The third kappa shape index (κ3) is 2.96. The number of aryl methyl sites for hydroxylation is 2. The van der Waals surface area contributed by atoms with Crippen molar-refractivity contribution in [2.45, 2.75) is 11.9 Å². The number of anilines is 1. The summed E-state index contributed by atoms with van der Waals surface area (Å²) in [6, 6.07) is 3.77. The van der Waals surface area contributed by atoms with E-state index in [-0.39, 0.29) is 10.9 Å². The third-order valence-corrected chi connectivity index (χ3v) is 5.51. The quantitative estimate of drug-likeness (QED) is 0.656. The zero-order valence-corrected chi connectivity index (χ0v) is 14.7. The predicted molar refractivity (Wildman–Crippen MR) is 89.6 cm³/mol. The second kappa shape index (κ2) is 5.77. The van der Waals surface area contributed by atoms with E-state index < -0.39 is 10.0 Å². The lowest BCUT2D eigenvalue weighted by Gasteiger charge is -2.39. The minimum Gasteiger partial charge on any atom is -0.354 e. The van der Waals surface area contributed by atoms with Gasteiger partial charge < -0.3 is 9.47 Å². The molecule has 0 amide bonds. The fourth-order valence-electron chi connectivity index (χ4n) is 2.77. The van der Waals surface area contributed by atoms with Gasteiger partial charge in [-0.3, -0.25) is 0 Å². The minimum absolute atomic E-state index is 0.0429. The number of fused-ring (bicyclic) bond motifs is 1. The number of nitrogens with zero attached hydrogens (tertiary/aromatic N) is 7. The van der Waals surface area contributed by atoms with Gasteiger partial charge in [-0.1, -0.05) is 0 Å². The average molecular weight is 362 g/mol. The van der Waals surface area contributed by atoms with Crippen LogP contribution in [0.2, 0.25) is 0 Å². The van der Waals surface area contributed by atoms with Gasteiger partial charge >= 0.3 is 0 Å². The SMILES string of the molecule is Cc1nnc2ccc(N3CC(CNS(=O)(=O)c4cn(C)cn4)C3)nn12. The number of hydrogen-bond acceptors (Lipinski definition) is 7. The fraction of sp³-hybridized carbons (Fsp3) is 0.429. The van der Waals surface area contributed by atoms with E-state index in [1.165, 1.54) is 12.5 Å². The third-order valence-electron chi connectivity index (χ3n) is 4.20. The van der Waals surface area contributed by atoms with Crippen molar-refractivity contribution in [3.8, 4) is 0 Å². The number of nitrogens with one attached hydrogen (secondary N) is 1. The largest absolute Gasteiger partial charge is 0.354 e. The van der Waals surface area contributed by atoms with Gasteiger partial charge in [-0.05, 0) is 19.1 Å². The molecule has 0 aromatic carbocycles. The molecule has 1 aliphatic rings. The van der Waals surface area contributed by atoms with Crippen LogP contribution in [0.4, 0.5) is 5.82 Å². The number of hydrogen-bond donors (Lipinski definition) is 1. The van der Waals surface area contributed by atoms with Crippen LogP contribution < -0.4 is 9.62 Å². The van der Waals surface area contributed by atoms with Gasteiger partial charge in [0.2, 0.25) is 0 Å². The van der Waals surface area contributed by atoms with Crippen LogP contribution in [0.25, 0.3) is 5.65 Å². The van der Waals surface area contributed by atoms with Gasteiger partial charge in [0, 0.05) is 38.8 Å².